The number of ether oxygens (including phenoxy) is 2. The molecule has 5 nitrogen and oxygen atoms in total. The predicted octanol–water partition coefficient (Wildman–Crippen LogP) is 4.72. The summed E-state index contributed by atoms with van der Waals surface area (Å²) in [6, 6.07) is 12.7. The maximum atomic E-state index is 13.3. The van der Waals surface area contributed by atoms with Gasteiger partial charge in [-0.15, -0.1) is 0 Å². The Balaban J connectivity index is 1.80. The molecular formula is C21H17ClFNO4. The number of benzene rings is 2. The van der Waals surface area contributed by atoms with Crippen molar-refractivity contribution in [1.82, 2.24) is 4.90 Å². The van der Waals surface area contributed by atoms with Crippen LogP contribution < -0.4 is 4.74 Å². The first-order valence-corrected chi connectivity index (χ1v) is 8.83. The van der Waals surface area contributed by atoms with Crippen molar-refractivity contribution in [1.29, 1.82) is 0 Å². The average molecular weight is 402 g/mol. The van der Waals surface area contributed by atoms with Crippen LogP contribution in [0.1, 0.15) is 5.56 Å². The maximum Gasteiger partial charge on any atom is 0.423 e. The first-order valence-electron chi connectivity index (χ1n) is 8.45. The summed E-state index contributed by atoms with van der Waals surface area (Å²) in [5.74, 6) is -1.03. The molecule has 0 aromatic heterocycles. The molecule has 144 valence electrons. The second kappa shape index (κ2) is 8.71. The molecule has 1 atom stereocenters. The van der Waals surface area contributed by atoms with Crippen LogP contribution in [0.5, 0.6) is 5.75 Å². The average Bonchev–Trinajstić information content (AvgIpc) is 2.70. The van der Waals surface area contributed by atoms with Gasteiger partial charge < -0.3 is 9.47 Å². The van der Waals surface area contributed by atoms with Gasteiger partial charge in [-0.2, -0.15) is 0 Å². The zero-order chi connectivity index (χ0) is 20.1. The maximum absolute atomic E-state index is 13.3. The molecule has 1 unspecified atom stereocenters. The van der Waals surface area contributed by atoms with E-state index in [4.69, 9.17) is 21.1 Å². The van der Waals surface area contributed by atoms with Gasteiger partial charge in [-0.1, -0.05) is 41.9 Å². The molecule has 0 N–H and O–H groups in total. The fourth-order valence-corrected chi connectivity index (χ4v) is 3.01. The Labute approximate surface area is 166 Å². The number of rotatable bonds is 4. The van der Waals surface area contributed by atoms with Crippen LogP contribution in [0.25, 0.3) is 0 Å². The summed E-state index contributed by atoms with van der Waals surface area (Å²) >= 11 is 6.10. The monoisotopic (exact) mass is 401 g/mol. The fourth-order valence-electron chi connectivity index (χ4n) is 2.77. The van der Waals surface area contributed by atoms with Crippen molar-refractivity contribution in [2.24, 2.45) is 5.92 Å². The van der Waals surface area contributed by atoms with E-state index in [1.54, 1.807) is 42.5 Å². The van der Waals surface area contributed by atoms with E-state index in [0.29, 0.717) is 17.7 Å². The largest absolute Gasteiger partial charge is 0.466 e. The molecule has 0 aliphatic carbocycles. The molecule has 1 aliphatic rings. The van der Waals surface area contributed by atoms with Gasteiger partial charge in [-0.3, -0.25) is 4.90 Å². The summed E-state index contributed by atoms with van der Waals surface area (Å²) in [5.41, 5.74) is 0.934. The molecule has 0 radical (unpaired) electrons. The lowest BCUT2D eigenvalue weighted by Gasteiger charge is -2.24. The number of carbonyl (C=O) groups is 2. The van der Waals surface area contributed by atoms with Gasteiger partial charge in [-0.05, 0) is 36.2 Å². The van der Waals surface area contributed by atoms with Crippen molar-refractivity contribution >= 4 is 23.7 Å². The number of halogens is 2. The lowest BCUT2D eigenvalue weighted by molar-refractivity contribution is -0.136. The Morgan fingerprint density at radius 3 is 2.61 bits per heavy atom. The molecule has 7 heteroatoms. The normalized spacial score (nSPS) is 15.8. The number of hydrogen-bond donors (Lipinski definition) is 0. The summed E-state index contributed by atoms with van der Waals surface area (Å²) in [5, 5.41) is 0.267. The highest BCUT2D eigenvalue weighted by atomic mass is 35.5. The minimum atomic E-state index is -0.665. The van der Waals surface area contributed by atoms with Crippen LogP contribution in [0.4, 0.5) is 9.18 Å². The molecule has 2 aromatic carbocycles. The van der Waals surface area contributed by atoms with Crippen LogP contribution in [0.15, 0.2) is 72.6 Å². The first kappa shape index (κ1) is 19.6. The van der Waals surface area contributed by atoms with Crippen molar-refractivity contribution in [2.45, 2.75) is 6.42 Å². The van der Waals surface area contributed by atoms with Crippen LogP contribution in [-0.4, -0.2) is 24.1 Å². The Kier molecular flexibility index (Phi) is 6.11. The molecule has 0 spiro atoms. The summed E-state index contributed by atoms with van der Waals surface area (Å²) in [4.78, 5) is 25.8. The van der Waals surface area contributed by atoms with Gasteiger partial charge in [-0.25, -0.2) is 14.0 Å². The van der Waals surface area contributed by atoms with E-state index in [-0.39, 0.29) is 10.6 Å². The van der Waals surface area contributed by atoms with Gasteiger partial charge in [0.1, 0.15) is 11.6 Å². The second-order valence-electron chi connectivity index (χ2n) is 6.05. The van der Waals surface area contributed by atoms with E-state index in [2.05, 4.69) is 0 Å². The molecule has 28 heavy (non-hydrogen) atoms. The molecule has 1 heterocycles. The Morgan fingerprint density at radius 2 is 1.93 bits per heavy atom. The van der Waals surface area contributed by atoms with E-state index in [0.717, 1.165) is 0 Å². The van der Waals surface area contributed by atoms with Crippen molar-refractivity contribution in [2.75, 3.05) is 7.11 Å². The predicted molar refractivity (Wildman–Crippen MR) is 102 cm³/mol. The molecule has 3 rings (SSSR count). The van der Waals surface area contributed by atoms with Gasteiger partial charge >= 0.3 is 12.1 Å². The van der Waals surface area contributed by atoms with Crippen LogP contribution in [0.2, 0.25) is 5.02 Å². The zero-order valence-corrected chi connectivity index (χ0v) is 15.7. The number of carbonyl (C=O) groups excluding carboxylic acids is 2. The zero-order valence-electron chi connectivity index (χ0n) is 15.0. The van der Waals surface area contributed by atoms with E-state index in [1.165, 1.54) is 36.5 Å². The van der Waals surface area contributed by atoms with Crippen LogP contribution in [-0.2, 0) is 16.0 Å². The van der Waals surface area contributed by atoms with Gasteiger partial charge in [0.15, 0.2) is 0 Å². The van der Waals surface area contributed by atoms with Crippen molar-refractivity contribution in [3.8, 4) is 5.75 Å². The number of allylic oxidation sites excluding steroid dienone is 1. The van der Waals surface area contributed by atoms with Gasteiger partial charge in [0.05, 0.1) is 12.7 Å². The smallest absolute Gasteiger partial charge is 0.423 e. The lowest BCUT2D eigenvalue weighted by atomic mass is 9.90. The number of para-hydroxylation sites is 1. The second-order valence-corrected chi connectivity index (χ2v) is 6.46. The summed E-state index contributed by atoms with van der Waals surface area (Å²) in [6.45, 7) is 0. The number of nitrogens with zero attached hydrogens (tertiary/aromatic N) is 1. The van der Waals surface area contributed by atoms with Crippen molar-refractivity contribution < 1.29 is 23.5 Å². The molecule has 2 aromatic rings. The third-order valence-electron chi connectivity index (χ3n) is 4.19. The molecule has 1 aliphatic heterocycles. The van der Waals surface area contributed by atoms with Crippen molar-refractivity contribution in [3.05, 3.63) is 89.0 Å². The summed E-state index contributed by atoms with van der Waals surface area (Å²) in [6.07, 6.45) is 4.25. The minimum absolute atomic E-state index is 0.260. The quantitative estimate of drug-likeness (QED) is 0.695. The van der Waals surface area contributed by atoms with E-state index < -0.39 is 23.8 Å². The van der Waals surface area contributed by atoms with Gasteiger partial charge in [0.2, 0.25) is 0 Å². The molecule has 0 saturated carbocycles. The number of esters is 1. The molecule has 0 bridgehead atoms. The van der Waals surface area contributed by atoms with E-state index in [1.807, 2.05) is 0 Å². The summed E-state index contributed by atoms with van der Waals surface area (Å²) in [7, 11) is 1.26. The Hall–Kier alpha value is -3.12. The molecule has 1 amide bonds. The lowest BCUT2D eigenvalue weighted by Crippen LogP contribution is -2.30. The molecule has 0 saturated heterocycles. The van der Waals surface area contributed by atoms with Gasteiger partial charge in [0.25, 0.3) is 0 Å². The SMILES string of the molecule is COC(=O)C1=CN(C(=O)Oc2ccccc2)C=CC1Cc1ccc(F)cc1Cl. The van der Waals surface area contributed by atoms with Crippen LogP contribution in [0, 0.1) is 11.7 Å². The highest BCUT2D eigenvalue weighted by Crippen LogP contribution is 2.28. The fraction of sp³-hybridized carbons (Fsp3) is 0.143. The van der Waals surface area contributed by atoms with E-state index >= 15 is 0 Å². The minimum Gasteiger partial charge on any atom is -0.466 e. The van der Waals surface area contributed by atoms with Crippen LogP contribution in [0.3, 0.4) is 0 Å². The number of amides is 1. The van der Waals surface area contributed by atoms with Crippen LogP contribution >= 0.6 is 11.6 Å². The Morgan fingerprint density at radius 1 is 1.18 bits per heavy atom. The first-order chi connectivity index (χ1) is 13.5. The summed E-state index contributed by atoms with van der Waals surface area (Å²) < 4.78 is 23.4. The third-order valence-corrected chi connectivity index (χ3v) is 4.54. The highest BCUT2D eigenvalue weighted by molar-refractivity contribution is 6.31. The number of methoxy groups -OCH3 is 1. The number of hydrogen-bond acceptors (Lipinski definition) is 4. The topological polar surface area (TPSA) is 55.8 Å². The Bertz CT molecular complexity index is 943. The standard InChI is InChI=1S/C21H17ClFNO4/c1-27-20(25)18-13-24(21(26)28-17-5-3-2-4-6-17)10-9-14(18)11-15-7-8-16(23)12-19(15)22/h2-10,12-14H,11H2,1H3. The van der Waals surface area contributed by atoms with Crippen molar-refractivity contribution in [3.63, 3.8) is 0 Å². The molecular weight excluding hydrogens is 385 g/mol. The van der Waals surface area contributed by atoms with Gasteiger partial charge in [0, 0.05) is 23.3 Å². The highest BCUT2D eigenvalue weighted by Gasteiger charge is 2.27. The molecule has 0 fully saturated rings. The third kappa shape index (κ3) is 4.58. The van der Waals surface area contributed by atoms with E-state index in [9.17, 15) is 14.0 Å².